The third-order valence-corrected chi connectivity index (χ3v) is 3.64. The first-order valence-corrected chi connectivity index (χ1v) is 8.07. The first-order chi connectivity index (χ1) is 12.1. The number of carbonyl (C=O) groups excluding carboxylic acids is 2. The maximum atomic E-state index is 12.1. The fraction of sp³-hybridized carbons (Fsp3) is 0.263. The number of carbonyl (C=O) groups is 2. The van der Waals surface area contributed by atoms with E-state index in [1.807, 2.05) is 30.3 Å². The topological polar surface area (TPSA) is 93.4 Å². The molecule has 0 radical (unpaired) electrons. The normalized spacial score (nSPS) is 11.2. The highest BCUT2D eigenvalue weighted by atomic mass is 35.5. The number of methoxy groups -OCH3 is 1. The van der Waals surface area contributed by atoms with E-state index in [0.717, 1.165) is 6.42 Å². The molecular weight excluding hydrogens is 354 g/mol. The Labute approximate surface area is 159 Å². The van der Waals surface area contributed by atoms with E-state index >= 15 is 0 Å². The summed E-state index contributed by atoms with van der Waals surface area (Å²) >= 11 is 0. The summed E-state index contributed by atoms with van der Waals surface area (Å²) in [7, 11) is 1.48. The lowest BCUT2D eigenvalue weighted by Crippen LogP contribution is -2.39. The van der Waals surface area contributed by atoms with Crippen LogP contribution in [0.2, 0.25) is 0 Å². The zero-order valence-electron chi connectivity index (χ0n) is 14.6. The molecule has 0 fully saturated rings. The second-order valence-corrected chi connectivity index (χ2v) is 5.62. The van der Waals surface area contributed by atoms with Crippen molar-refractivity contribution in [3.8, 4) is 0 Å². The van der Waals surface area contributed by atoms with Gasteiger partial charge < -0.3 is 21.1 Å². The molecule has 2 amide bonds. The Bertz CT molecular complexity index is 693. The van der Waals surface area contributed by atoms with Gasteiger partial charge >= 0.3 is 0 Å². The predicted octanol–water partition coefficient (Wildman–Crippen LogP) is 1.99. The second-order valence-electron chi connectivity index (χ2n) is 5.62. The van der Waals surface area contributed by atoms with Crippen molar-refractivity contribution >= 4 is 29.9 Å². The molecule has 0 aromatic heterocycles. The molecule has 0 aliphatic carbocycles. The molecule has 0 spiro atoms. The first kappa shape index (κ1) is 21.6. The maximum absolute atomic E-state index is 12.1. The van der Waals surface area contributed by atoms with Crippen LogP contribution in [0.5, 0.6) is 0 Å². The maximum Gasteiger partial charge on any atom is 0.251 e. The van der Waals surface area contributed by atoms with Crippen LogP contribution in [0.4, 0.5) is 5.69 Å². The molecule has 6 nitrogen and oxygen atoms in total. The molecule has 0 aliphatic heterocycles. The molecule has 0 aliphatic rings. The fourth-order valence-electron chi connectivity index (χ4n) is 2.26. The van der Waals surface area contributed by atoms with E-state index in [1.165, 1.54) is 12.7 Å². The van der Waals surface area contributed by atoms with Crippen LogP contribution < -0.4 is 16.4 Å². The van der Waals surface area contributed by atoms with Crippen molar-refractivity contribution in [2.45, 2.75) is 12.5 Å². The summed E-state index contributed by atoms with van der Waals surface area (Å²) in [6.45, 7) is 0.709. The molecule has 2 aromatic carbocycles. The Hall–Kier alpha value is -2.41. The van der Waals surface area contributed by atoms with E-state index in [4.69, 9.17) is 10.5 Å². The summed E-state index contributed by atoms with van der Waals surface area (Å²) in [5.41, 5.74) is 7.95. The number of anilines is 1. The number of rotatable bonds is 8. The largest absolute Gasteiger partial charge is 0.383 e. The average molecular weight is 378 g/mol. The summed E-state index contributed by atoms with van der Waals surface area (Å²) in [5, 5.41) is 5.56. The van der Waals surface area contributed by atoms with Gasteiger partial charge in [0.2, 0.25) is 5.91 Å². The van der Waals surface area contributed by atoms with E-state index in [1.54, 1.807) is 24.3 Å². The lowest BCUT2D eigenvalue weighted by molar-refractivity contribution is -0.118. The summed E-state index contributed by atoms with van der Waals surface area (Å²) < 4.78 is 4.84. The summed E-state index contributed by atoms with van der Waals surface area (Å²) in [6.07, 6.45) is 0.776. The van der Waals surface area contributed by atoms with Crippen LogP contribution in [-0.4, -0.2) is 38.1 Å². The SMILES string of the molecule is COCC(N)C(=O)Nc1ccc(C(=O)NCCc2ccccc2)cc1.Cl. The van der Waals surface area contributed by atoms with Gasteiger partial charge in [-0.2, -0.15) is 0 Å². The van der Waals surface area contributed by atoms with E-state index < -0.39 is 6.04 Å². The fourth-order valence-corrected chi connectivity index (χ4v) is 2.26. The third kappa shape index (κ3) is 6.84. The molecule has 7 heteroatoms. The monoisotopic (exact) mass is 377 g/mol. The van der Waals surface area contributed by atoms with Crippen LogP contribution in [0.1, 0.15) is 15.9 Å². The number of nitrogens with one attached hydrogen (secondary N) is 2. The first-order valence-electron chi connectivity index (χ1n) is 8.07. The zero-order chi connectivity index (χ0) is 18.1. The lowest BCUT2D eigenvalue weighted by atomic mass is 10.1. The van der Waals surface area contributed by atoms with Crippen LogP contribution >= 0.6 is 12.4 Å². The van der Waals surface area contributed by atoms with Crippen molar-refractivity contribution < 1.29 is 14.3 Å². The van der Waals surface area contributed by atoms with Gasteiger partial charge in [-0.05, 0) is 36.2 Å². The van der Waals surface area contributed by atoms with Gasteiger partial charge in [0.05, 0.1) is 6.61 Å². The predicted molar refractivity (Wildman–Crippen MR) is 105 cm³/mol. The van der Waals surface area contributed by atoms with Crippen molar-refractivity contribution in [1.29, 1.82) is 0 Å². The van der Waals surface area contributed by atoms with Crippen LogP contribution in [-0.2, 0) is 16.0 Å². The molecule has 0 saturated carbocycles. The highest BCUT2D eigenvalue weighted by Gasteiger charge is 2.13. The van der Waals surface area contributed by atoms with E-state index in [9.17, 15) is 9.59 Å². The average Bonchev–Trinajstić information content (AvgIpc) is 2.63. The molecule has 1 atom stereocenters. The highest BCUT2D eigenvalue weighted by Crippen LogP contribution is 2.10. The van der Waals surface area contributed by atoms with Crippen molar-refractivity contribution in [3.05, 3.63) is 65.7 Å². The number of amides is 2. The van der Waals surface area contributed by atoms with Crippen molar-refractivity contribution in [2.75, 3.05) is 25.6 Å². The zero-order valence-corrected chi connectivity index (χ0v) is 15.4. The number of hydrogen-bond acceptors (Lipinski definition) is 4. The number of benzene rings is 2. The van der Waals surface area contributed by atoms with Crippen molar-refractivity contribution in [2.24, 2.45) is 5.73 Å². The number of ether oxygens (including phenoxy) is 1. The number of hydrogen-bond donors (Lipinski definition) is 3. The van der Waals surface area contributed by atoms with Crippen LogP contribution in [0.25, 0.3) is 0 Å². The van der Waals surface area contributed by atoms with Crippen LogP contribution in [0.15, 0.2) is 54.6 Å². The van der Waals surface area contributed by atoms with Gasteiger partial charge in [0.25, 0.3) is 5.91 Å². The Morgan fingerprint density at radius 3 is 2.35 bits per heavy atom. The minimum Gasteiger partial charge on any atom is -0.383 e. The number of nitrogens with two attached hydrogens (primary N) is 1. The third-order valence-electron chi connectivity index (χ3n) is 3.64. The molecule has 2 aromatic rings. The van der Waals surface area contributed by atoms with E-state index in [2.05, 4.69) is 10.6 Å². The molecule has 1 unspecified atom stereocenters. The van der Waals surface area contributed by atoms with Crippen LogP contribution in [0.3, 0.4) is 0 Å². The summed E-state index contributed by atoms with van der Waals surface area (Å²) in [6, 6.07) is 15.9. The Kier molecular flexibility index (Phi) is 9.36. The Balaban J connectivity index is 0.00000338. The molecule has 4 N–H and O–H groups in total. The van der Waals surface area contributed by atoms with Gasteiger partial charge in [0, 0.05) is 24.9 Å². The minimum absolute atomic E-state index is 0. The number of halogens is 1. The highest BCUT2D eigenvalue weighted by molar-refractivity contribution is 5.97. The van der Waals surface area contributed by atoms with Gasteiger partial charge in [-0.1, -0.05) is 30.3 Å². The van der Waals surface area contributed by atoms with Gasteiger partial charge in [0.1, 0.15) is 6.04 Å². The lowest BCUT2D eigenvalue weighted by Gasteiger charge is -2.11. The van der Waals surface area contributed by atoms with E-state index in [-0.39, 0.29) is 30.8 Å². The van der Waals surface area contributed by atoms with E-state index in [0.29, 0.717) is 17.8 Å². The molecular formula is C19H24ClN3O3. The van der Waals surface area contributed by atoms with Gasteiger partial charge in [0.15, 0.2) is 0 Å². The van der Waals surface area contributed by atoms with Crippen LogP contribution in [0, 0.1) is 0 Å². The Morgan fingerprint density at radius 2 is 1.73 bits per heavy atom. The van der Waals surface area contributed by atoms with Gasteiger partial charge in [-0.3, -0.25) is 9.59 Å². The summed E-state index contributed by atoms with van der Waals surface area (Å²) in [5.74, 6) is -0.480. The van der Waals surface area contributed by atoms with Gasteiger partial charge in [-0.15, -0.1) is 12.4 Å². The molecule has 0 bridgehead atoms. The summed E-state index contributed by atoms with van der Waals surface area (Å²) in [4.78, 5) is 23.9. The standard InChI is InChI=1S/C19H23N3O3.ClH/c1-25-13-17(20)19(24)22-16-9-7-15(8-10-16)18(23)21-12-11-14-5-3-2-4-6-14;/h2-10,17H,11-13,20H2,1H3,(H,21,23)(H,22,24);1H. The van der Waals surface area contributed by atoms with Crippen molar-refractivity contribution in [1.82, 2.24) is 5.32 Å². The smallest absolute Gasteiger partial charge is 0.251 e. The molecule has 140 valence electrons. The molecule has 0 heterocycles. The molecule has 2 rings (SSSR count). The second kappa shape index (κ2) is 11.3. The van der Waals surface area contributed by atoms with Crippen molar-refractivity contribution in [3.63, 3.8) is 0 Å². The minimum atomic E-state index is -0.731. The quantitative estimate of drug-likeness (QED) is 0.655. The Morgan fingerprint density at radius 1 is 1.08 bits per heavy atom. The molecule has 0 saturated heterocycles. The molecule has 26 heavy (non-hydrogen) atoms. The van der Waals surface area contributed by atoms with Gasteiger partial charge in [-0.25, -0.2) is 0 Å².